The third kappa shape index (κ3) is 1.70. The van der Waals surface area contributed by atoms with Crippen LogP contribution in [0.5, 0.6) is 0 Å². The Morgan fingerprint density at radius 1 is 1.36 bits per heavy atom. The Labute approximate surface area is 82.8 Å². The Kier molecular flexibility index (Phi) is 2.63. The highest BCUT2D eigenvalue weighted by Gasteiger charge is 2.12. The van der Waals surface area contributed by atoms with E-state index >= 15 is 0 Å². The van der Waals surface area contributed by atoms with Crippen LogP contribution in [0.3, 0.4) is 0 Å². The molecule has 1 aliphatic heterocycles. The van der Waals surface area contributed by atoms with Crippen molar-refractivity contribution in [2.45, 2.75) is 26.2 Å². The molecule has 1 aromatic heterocycles. The highest BCUT2D eigenvalue weighted by Crippen LogP contribution is 2.05. The van der Waals surface area contributed by atoms with Crippen LogP contribution in [0.4, 0.5) is 0 Å². The first-order valence-electron chi connectivity index (χ1n) is 5.13. The first-order valence-corrected chi connectivity index (χ1v) is 5.13. The number of hydrogen-bond acceptors (Lipinski definition) is 3. The number of fused-ring (bicyclic) bond motifs is 1. The molecule has 2 rings (SSSR count). The van der Waals surface area contributed by atoms with Crippen LogP contribution in [-0.4, -0.2) is 23.1 Å². The van der Waals surface area contributed by atoms with Gasteiger partial charge in [0.05, 0.1) is 5.69 Å². The average molecular weight is 193 g/mol. The maximum atomic E-state index is 11.7. The summed E-state index contributed by atoms with van der Waals surface area (Å²) in [5.41, 5.74) is 1.90. The standard InChI is InChI=1S/C10H15N3O/c1-2-9-12-8-4-6-11-5-3-7(8)10(14)13-9/h11H,2-6H2,1H3,(H,12,13,14). The molecule has 76 valence electrons. The second-order valence-electron chi connectivity index (χ2n) is 3.54. The van der Waals surface area contributed by atoms with Crippen LogP contribution in [0.1, 0.15) is 24.0 Å². The van der Waals surface area contributed by atoms with Gasteiger partial charge in [-0.25, -0.2) is 4.98 Å². The van der Waals surface area contributed by atoms with Gasteiger partial charge in [0.1, 0.15) is 5.82 Å². The summed E-state index contributed by atoms with van der Waals surface area (Å²) in [6.45, 7) is 3.80. The number of aromatic nitrogens is 2. The van der Waals surface area contributed by atoms with Gasteiger partial charge in [0.25, 0.3) is 5.56 Å². The number of nitrogens with one attached hydrogen (secondary N) is 2. The van der Waals surface area contributed by atoms with Gasteiger partial charge in [-0.3, -0.25) is 4.79 Å². The molecule has 0 amide bonds. The van der Waals surface area contributed by atoms with Crippen molar-refractivity contribution >= 4 is 0 Å². The second kappa shape index (κ2) is 3.92. The van der Waals surface area contributed by atoms with Crippen molar-refractivity contribution in [3.05, 3.63) is 27.4 Å². The Bertz CT molecular complexity index is 383. The van der Waals surface area contributed by atoms with E-state index in [9.17, 15) is 4.79 Å². The lowest BCUT2D eigenvalue weighted by atomic mass is 10.1. The van der Waals surface area contributed by atoms with E-state index in [-0.39, 0.29) is 5.56 Å². The van der Waals surface area contributed by atoms with Gasteiger partial charge in [-0.1, -0.05) is 6.92 Å². The molecule has 0 spiro atoms. The number of nitrogens with zero attached hydrogens (tertiary/aromatic N) is 1. The van der Waals surface area contributed by atoms with Crippen LogP contribution in [0.25, 0.3) is 0 Å². The fourth-order valence-corrected chi connectivity index (χ4v) is 1.77. The van der Waals surface area contributed by atoms with Gasteiger partial charge >= 0.3 is 0 Å². The molecule has 0 saturated heterocycles. The summed E-state index contributed by atoms with van der Waals surface area (Å²) >= 11 is 0. The summed E-state index contributed by atoms with van der Waals surface area (Å²) in [4.78, 5) is 18.9. The van der Waals surface area contributed by atoms with Gasteiger partial charge in [0.2, 0.25) is 0 Å². The van der Waals surface area contributed by atoms with Crippen LogP contribution >= 0.6 is 0 Å². The zero-order chi connectivity index (χ0) is 9.97. The number of H-pyrrole nitrogens is 1. The molecule has 4 nitrogen and oxygen atoms in total. The lowest BCUT2D eigenvalue weighted by molar-refractivity contribution is 0.707. The van der Waals surface area contributed by atoms with E-state index in [4.69, 9.17) is 0 Å². The molecule has 4 heteroatoms. The summed E-state index contributed by atoms with van der Waals surface area (Å²) < 4.78 is 0. The Morgan fingerprint density at radius 3 is 2.93 bits per heavy atom. The zero-order valence-corrected chi connectivity index (χ0v) is 8.39. The van der Waals surface area contributed by atoms with Crippen molar-refractivity contribution in [3.63, 3.8) is 0 Å². The van der Waals surface area contributed by atoms with Crippen molar-refractivity contribution in [1.82, 2.24) is 15.3 Å². The van der Waals surface area contributed by atoms with Gasteiger partial charge in [-0.15, -0.1) is 0 Å². The van der Waals surface area contributed by atoms with Crippen LogP contribution in [0, 0.1) is 0 Å². The average Bonchev–Trinajstić information content (AvgIpc) is 2.42. The minimum Gasteiger partial charge on any atom is -0.316 e. The normalized spacial score (nSPS) is 16.1. The topological polar surface area (TPSA) is 57.8 Å². The highest BCUT2D eigenvalue weighted by atomic mass is 16.1. The van der Waals surface area contributed by atoms with Crippen molar-refractivity contribution < 1.29 is 0 Å². The van der Waals surface area contributed by atoms with Gasteiger partial charge in [-0.05, 0) is 13.0 Å². The smallest absolute Gasteiger partial charge is 0.254 e. The monoisotopic (exact) mass is 193 g/mol. The molecule has 0 aliphatic carbocycles. The molecule has 0 aromatic carbocycles. The van der Waals surface area contributed by atoms with Crippen LogP contribution in [-0.2, 0) is 19.3 Å². The minimum atomic E-state index is 0.0514. The van der Waals surface area contributed by atoms with E-state index in [1.165, 1.54) is 0 Å². The summed E-state index contributed by atoms with van der Waals surface area (Å²) in [5.74, 6) is 0.802. The number of rotatable bonds is 1. The van der Waals surface area contributed by atoms with Crippen LogP contribution < -0.4 is 10.9 Å². The van der Waals surface area contributed by atoms with Gasteiger partial charge < -0.3 is 10.3 Å². The van der Waals surface area contributed by atoms with Gasteiger partial charge in [0, 0.05) is 24.9 Å². The molecular formula is C10H15N3O. The largest absolute Gasteiger partial charge is 0.316 e. The zero-order valence-electron chi connectivity index (χ0n) is 8.39. The minimum absolute atomic E-state index is 0.0514. The maximum Gasteiger partial charge on any atom is 0.254 e. The predicted molar refractivity (Wildman–Crippen MR) is 54.5 cm³/mol. The summed E-state index contributed by atoms with van der Waals surface area (Å²) in [6, 6.07) is 0. The number of aromatic amines is 1. The first-order chi connectivity index (χ1) is 6.81. The van der Waals surface area contributed by atoms with Crippen molar-refractivity contribution in [3.8, 4) is 0 Å². The molecule has 0 bridgehead atoms. The van der Waals surface area contributed by atoms with Crippen molar-refractivity contribution in [2.75, 3.05) is 13.1 Å². The summed E-state index contributed by atoms with van der Waals surface area (Å²) in [6.07, 6.45) is 2.45. The Morgan fingerprint density at radius 2 is 2.14 bits per heavy atom. The third-order valence-electron chi connectivity index (χ3n) is 2.58. The molecule has 0 atom stereocenters. The Hall–Kier alpha value is -1.16. The van der Waals surface area contributed by atoms with E-state index in [1.54, 1.807) is 0 Å². The molecule has 2 heterocycles. The fraction of sp³-hybridized carbons (Fsp3) is 0.600. The first kappa shape index (κ1) is 9.40. The highest BCUT2D eigenvalue weighted by molar-refractivity contribution is 5.20. The van der Waals surface area contributed by atoms with E-state index in [1.807, 2.05) is 6.92 Å². The van der Waals surface area contributed by atoms with E-state index in [0.717, 1.165) is 49.4 Å². The van der Waals surface area contributed by atoms with Crippen LogP contribution in [0.15, 0.2) is 4.79 Å². The Balaban J connectivity index is 2.48. The van der Waals surface area contributed by atoms with Gasteiger partial charge in [0.15, 0.2) is 0 Å². The fourth-order valence-electron chi connectivity index (χ4n) is 1.77. The summed E-state index contributed by atoms with van der Waals surface area (Å²) in [5, 5.41) is 3.27. The van der Waals surface area contributed by atoms with E-state index in [2.05, 4.69) is 15.3 Å². The van der Waals surface area contributed by atoms with Crippen molar-refractivity contribution in [1.29, 1.82) is 0 Å². The third-order valence-corrected chi connectivity index (χ3v) is 2.58. The SMILES string of the molecule is CCc1nc2c(c(=O)[nH]1)CCNCC2. The molecule has 0 radical (unpaired) electrons. The van der Waals surface area contributed by atoms with E-state index in [0.29, 0.717) is 0 Å². The molecule has 0 unspecified atom stereocenters. The van der Waals surface area contributed by atoms with Crippen molar-refractivity contribution in [2.24, 2.45) is 0 Å². The second-order valence-corrected chi connectivity index (χ2v) is 3.54. The molecule has 14 heavy (non-hydrogen) atoms. The molecular weight excluding hydrogens is 178 g/mol. The lowest BCUT2D eigenvalue weighted by Crippen LogP contribution is -2.20. The van der Waals surface area contributed by atoms with Gasteiger partial charge in [-0.2, -0.15) is 0 Å². The lowest BCUT2D eigenvalue weighted by Gasteiger charge is -2.04. The maximum absolute atomic E-state index is 11.7. The number of hydrogen-bond donors (Lipinski definition) is 2. The molecule has 0 fully saturated rings. The van der Waals surface area contributed by atoms with Crippen LogP contribution in [0.2, 0.25) is 0 Å². The molecule has 2 N–H and O–H groups in total. The quantitative estimate of drug-likeness (QED) is 0.661. The van der Waals surface area contributed by atoms with E-state index < -0.39 is 0 Å². The molecule has 0 saturated carbocycles. The molecule has 1 aliphatic rings. The number of aryl methyl sites for hydroxylation is 1. The summed E-state index contributed by atoms with van der Waals surface area (Å²) in [7, 11) is 0. The predicted octanol–water partition coefficient (Wildman–Crippen LogP) is 0.0205. The molecule has 1 aromatic rings.